The molecule has 48 heavy (non-hydrogen) atoms. The van der Waals surface area contributed by atoms with Gasteiger partial charge in [0.05, 0.1) is 35.1 Å². The molecule has 2 spiro atoms. The average molecular weight is 672 g/mol. The van der Waals surface area contributed by atoms with Crippen molar-refractivity contribution in [3.05, 3.63) is 66.6 Å². The zero-order valence-electron chi connectivity index (χ0n) is 27.9. The molecule has 10 rings (SSSR count). The molecular weight excluding hydrogens is 630 g/mol. The minimum atomic E-state index is -0.548. The highest BCUT2D eigenvalue weighted by molar-refractivity contribution is 6.33. The fourth-order valence-electron chi connectivity index (χ4n) is 9.94. The summed E-state index contributed by atoms with van der Waals surface area (Å²) in [5.41, 5.74) is 10.6. The van der Waals surface area contributed by atoms with Crippen LogP contribution in [-0.2, 0) is 18.9 Å². The standard InChI is InChI=1S/C18H20ClN3O2.C18H22N4O2/c2*1-10-6-18(7-10)8-12(13-14(18)24-17(2,3)23-13)22-5-4-11-15(19)20-9-21-16(11)22/h4-5,9,12-14H,1,6-8H2,2-3H3;4-5,9,12-14H,1,6-8H2,2-3H3,(H2,19,20,21)/t2*12-,13+,14+/m11/s1. The van der Waals surface area contributed by atoms with E-state index in [1.54, 1.807) is 0 Å². The van der Waals surface area contributed by atoms with Crippen molar-refractivity contribution in [1.29, 1.82) is 0 Å². The molecule has 6 fully saturated rings. The van der Waals surface area contributed by atoms with Gasteiger partial charge in [-0.05, 0) is 78.4 Å². The second kappa shape index (κ2) is 10.1. The van der Waals surface area contributed by atoms with Crippen LogP contribution in [-0.4, -0.2) is 65.1 Å². The third-order valence-corrected chi connectivity index (χ3v) is 11.9. The molecule has 4 aromatic rings. The summed E-state index contributed by atoms with van der Waals surface area (Å²) in [5.74, 6) is -0.577. The molecule has 12 heteroatoms. The van der Waals surface area contributed by atoms with Crippen LogP contribution in [0.4, 0.5) is 5.82 Å². The first-order valence-corrected chi connectivity index (χ1v) is 17.2. The van der Waals surface area contributed by atoms with Crippen LogP contribution < -0.4 is 5.73 Å². The molecule has 6 heterocycles. The topological polar surface area (TPSA) is 124 Å². The predicted octanol–water partition coefficient (Wildman–Crippen LogP) is 6.70. The maximum Gasteiger partial charge on any atom is 0.163 e. The Morgan fingerprint density at radius 2 is 1.17 bits per heavy atom. The lowest BCUT2D eigenvalue weighted by molar-refractivity contribution is -0.173. The molecular formula is C36H42ClN7O4. The van der Waals surface area contributed by atoms with Crippen LogP contribution in [0.3, 0.4) is 0 Å². The summed E-state index contributed by atoms with van der Waals surface area (Å²) in [4.78, 5) is 17.1. The van der Waals surface area contributed by atoms with Crippen molar-refractivity contribution in [1.82, 2.24) is 29.1 Å². The Bertz CT molecular complexity index is 1840. The average Bonchev–Trinajstić information content (AvgIpc) is 3.81. The molecule has 252 valence electrons. The number of rotatable bonds is 2. The van der Waals surface area contributed by atoms with E-state index in [1.165, 1.54) is 23.8 Å². The van der Waals surface area contributed by atoms with Crippen molar-refractivity contribution < 1.29 is 18.9 Å². The number of anilines is 1. The van der Waals surface area contributed by atoms with E-state index in [4.69, 9.17) is 36.3 Å². The molecule has 11 nitrogen and oxygen atoms in total. The summed E-state index contributed by atoms with van der Waals surface area (Å²) in [6.45, 7) is 16.3. The van der Waals surface area contributed by atoms with Gasteiger partial charge in [-0.1, -0.05) is 35.9 Å². The lowest BCUT2D eigenvalue weighted by atomic mass is 9.63. The highest BCUT2D eigenvalue weighted by atomic mass is 35.5. The summed E-state index contributed by atoms with van der Waals surface area (Å²) < 4.78 is 29.6. The lowest BCUT2D eigenvalue weighted by Crippen LogP contribution is -2.42. The number of nitrogens with two attached hydrogens (primary N) is 1. The summed E-state index contributed by atoms with van der Waals surface area (Å²) in [6, 6.07) is 4.36. The van der Waals surface area contributed by atoms with E-state index in [0.29, 0.717) is 11.0 Å². The second-order valence-corrected chi connectivity index (χ2v) is 16.2. The van der Waals surface area contributed by atoms with E-state index in [-0.39, 0.29) is 47.3 Å². The molecule has 6 aliphatic rings. The van der Waals surface area contributed by atoms with E-state index in [2.05, 4.69) is 48.4 Å². The van der Waals surface area contributed by atoms with Crippen LogP contribution in [0.1, 0.15) is 78.3 Å². The zero-order valence-corrected chi connectivity index (χ0v) is 28.6. The minimum absolute atomic E-state index is 0.0254. The van der Waals surface area contributed by atoms with Gasteiger partial charge >= 0.3 is 0 Å². The number of fused-ring (bicyclic) bond motifs is 6. The van der Waals surface area contributed by atoms with Gasteiger partial charge in [0, 0.05) is 23.2 Å². The van der Waals surface area contributed by atoms with Gasteiger partial charge in [0.25, 0.3) is 0 Å². The highest BCUT2D eigenvalue weighted by Gasteiger charge is 2.65. The van der Waals surface area contributed by atoms with Crippen LogP contribution in [0.15, 0.2) is 61.5 Å². The van der Waals surface area contributed by atoms with E-state index in [1.807, 2.05) is 46.0 Å². The molecule has 0 aromatic carbocycles. The Hall–Kier alpha value is -3.35. The van der Waals surface area contributed by atoms with Gasteiger partial charge in [0.1, 0.15) is 47.1 Å². The molecule has 4 saturated carbocycles. The van der Waals surface area contributed by atoms with Crippen LogP contribution in [0.5, 0.6) is 0 Å². The predicted molar refractivity (Wildman–Crippen MR) is 181 cm³/mol. The van der Waals surface area contributed by atoms with Crippen molar-refractivity contribution >= 4 is 39.5 Å². The normalized spacial score (nSPS) is 33.1. The first-order chi connectivity index (χ1) is 22.8. The molecule has 2 N–H and O–H groups in total. The summed E-state index contributed by atoms with van der Waals surface area (Å²) in [7, 11) is 0. The fourth-order valence-corrected chi connectivity index (χ4v) is 10.1. The maximum absolute atomic E-state index is 6.31. The Morgan fingerprint density at radius 3 is 1.67 bits per heavy atom. The smallest absolute Gasteiger partial charge is 0.163 e. The third kappa shape index (κ3) is 4.47. The summed E-state index contributed by atoms with van der Waals surface area (Å²) in [5, 5.41) is 2.27. The van der Waals surface area contributed by atoms with Gasteiger partial charge in [-0.15, -0.1) is 0 Å². The lowest BCUT2D eigenvalue weighted by Gasteiger charge is -2.44. The van der Waals surface area contributed by atoms with Crippen molar-refractivity contribution in [2.45, 2.75) is 114 Å². The quantitative estimate of drug-likeness (QED) is 0.183. The monoisotopic (exact) mass is 671 g/mol. The van der Waals surface area contributed by atoms with Crippen LogP contribution in [0.25, 0.3) is 22.1 Å². The minimum Gasteiger partial charge on any atom is -0.383 e. The van der Waals surface area contributed by atoms with E-state index in [9.17, 15) is 0 Å². The van der Waals surface area contributed by atoms with Gasteiger partial charge in [0.2, 0.25) is 0 Å². The fraction of sp³-hybridized carbons (Fsp3) is 0.556. The number of halogens is 1. The van der Waals surface area contributed by atoms with Gasteiger partial charge in [0.15, 0.2) is 11.6 Å². The molecule has 4 aliphatic carbocycles. The number of nitrogen functional groups attached to an aromatic ring is 1. The van der Waals surface area contributed by atoms with Crippen LogP contribution in [0.2, 0.25) is 5.15 Å². The van der Waals surface area contributed by atoms with Gasteiger partial charge in [-0.2, -0.15) is 0 Å². The van der Waals surface area contributed by atoms with Gasteiger partial charge < -0.3 is 33.8 Å². The maximum atomic E-state index is 6.31. The van der Waals surface area contributed by atoms with Crippen LogP contribution in [0, 0.1) is 10.8 Å². The highest BCUT2D eigenvalue weighted by Crippen LogP contribution is 2.64. The molecule has 6 atom stereocenters. The number of nitrogens with zero attached hydrogens (tertiary/aromatic N) is 6. The number of hydrogen-bond donors (Lipinski definition) is 1. The van der Waals surface area contributed by atoms with E-state index in [0.717, 1.165) is 60.6 Å². The summed E-state index contributed by atoms with van der Waals surface area (Å²) >= 11 is 6.22. The Balaban J connectivity index is 0.000000131. The molecule has 0 amide bonds. The summed E-state index contributed by atoms with van der Waals surface area (Å²) in [6.07, 6.45) is 13.6. The first-order valence-electron chi connectivity index (χ1n) is 16.9. The van der Waals surface area contributed by atoms with Gasteiger partial charge in [-0.25, -0.2) is 19.9 Å². The number of ether oxygens (including phenoxy) is 4. The second-order valence-electron chi connectivity index (χ2n) is 15.9. The Labute approximate surface area is 284 Å². The molecule has 4 aromatic heterocycles. The number of allylic oxidation sites excluding steroid dienone is 2. The third-order valence-electron chi connectivity index (χ3n) is 11.6. The molecule has 2 saturated heterocycles. The van der Waals surface area contributed by atoms with Crippen molar-refractivity contribution in [2.75, 3.05) is 5.73 Å². The Morgan fingerprint density at radius 1 is 0.708 bits per heavy atom. The molecule has 0 unspecified atom stereocenters. The van der Waals surface area contributed by atoms with E-state index >= 15 is 0 Å². The molecule has 0 radical (unpaired) electrons. The number of aromatic nitrogens is 6. The molecule has 0 bridgehead atoms. The Kier molecular flexibility index (Phi) is 6.46. The number of hydrogen-bond acceptors (Lipinski definition) is 9. The first kappa shape index (κ1) is 30.7. The zero-order chi connectivity index (χ0) is 33.4. The van der Waals surface area contributed by atoms with Gasteiger partial charge in [-0.3, -0.25) is 0 Å². The SMILES string of the molecule is C=C1CC2(C1)C[C@@H](n1ccc3c(Cl)ncnc31)[C@@H]1OC(C)(C)O[C@@H]12.C=C1CC2(C1)C[C@@H](n1ccc3c(N)ncnc31)[C@@H]1OC(C)(C)O[C@@H]12. The largest absolute Gasteiger partial charge is 0.383 e. The van der Waals surface area contributed by atoms with Crippen molar-refractivity contribution in [3.8, 4) is 0 Å². The van der Waals surface area contributed by atoms with Crippen molar-refractivity contribution in [3.63, 3.8) is 0 Å². The van der Waals surface area contributed by atoms with Crippen molar-refractivity contribution in [2.24, 2.45) is 10.8 Å². The molecule has 2 aliphatic heterocycles. The van der Waals surface area contributed by atoms with E-state index < -0.39 is 11.6 Å². The van der Waals surface area contributed by atoms with Crippen LogP contribution >= 0.6 is 11.6 Å².